The standard InChI is InChI=1S/C9H7Cl2NO/c10-4-7-2-1-3-9(12-6-13)8(7)5-11/h1-3H,4-5H2. The monoisotopic (exact) mass is 215 g/mol. The number of halogens is 2. The van der Waals surface area contributed by atoms with Crippen molar-refractivity contribution in [3.05, 3.63) is 29.3 Å². The number of isocyanates is 1. The van der Waals surface area contributed by atoms with Crippen LogP contribution in [0.1, 0.15) is 11.1 Å². The Bertz CT molecular complexity index is 345. The highest BCUT2D eigenvalue weighted by Gasteiger charge is 2.05. The lowest BCUT2D eigenvalue weighted by molar-refractivity contribution is 0.565. The second-order valence-electron chi connectivity index (χ2n) is 2.39. The summed E-state index contributed by atoms with van der Waals surface area (Å²) in [6.45, 7) is 0. The minimum atomic E-state index is 0.295. The van der Waals surface area contributed by atoms with Gasteiger partial charge in [0, 0.05) is 11.8 Å². The van der Waals surface area contributed by atoms with Gasteiger partial charge in [-0.2, -0.15) is 4.99 Å². The molecule has 0 aliphatic heterocycles. The summed E-state index contributed by atoms with van der Waals surface area (Å²) in [5.41, 5.74) is 2.24. The molecule has 0 bridgehead atoms. The summed E-state index contributed by atoms with van der Waals surface area (Å²) in [5.74, 6) is 0.660. The normalized spacial score (nSPS) is 9.38. The Morgan fingerprint density at radius 3 is 2.62 bits per heavy atom. The van der Waals surface area contributed by atoms with Crippen LogP contribution >= 0.6 is 23.2 Å². The van der Waals surface area contributed by atoms with Crippen LogP contribution in [0.5, 0.6) is 0 Å². The van der Waals surface area contributed by atoms with E-state index in [2.05, 4.69) is 4.99 Å². The Kier molecular flexibility index (Phi) is 3.97. The van der Waals surface area contributed by atoms with Crippen molar-refractivity contribution in [2.75, 3.05) is 0 Å². The molecule has 0 heterocycles. The highest BCUT2D eigenvalue weighted by molar-refractivity contribution is 6.19. The van der Waals surface area contributed by atoms with Crippen molar-refractivity contribution >= 4 is 35.0 Å². The van der Waals surface area contributed by atoms with Gasteiger partial charge in [-0.1, -0.05) is 12.1 Å². The van der Waals surface area contributed by atoms with E-state index < -0.39 is 0 Å². The zero-order valence-electron chi connectivity index (χ0n) is 6.76. The lowest BCUT2D eigenvalue weighted by atomic mass is 10.1. The van der Waals surface area contributed by atoms with Crippen molar-refractivity contribution in [1.82, 2.24) is 0 Å². The molecule has 4 heteroatoms. The summed E-state index contributed by atoms with van der Waals surface area (Å²) in [6.07, 6.45) is 1.48. The van der Waals surface area contributed by atoms with Gasteiger partial charge in [-0.15, -0.1) is 23.2 Å². The van der Waals surface area contributed by atoms with Crippen molar-refractivity contribution < 1.29 is 4.79 Å². The number of benzene rings is 1. The predicted octanol–water partition coefficient (Wildman–Crippen LogP) is 3.13. The van der Waals surface area contributed by atoms with Gasteiger partial charge in [0.2, 0.25) is 6.08 Å². The first-order valence-corrected chi connectivity index (χ1v) is 4.71. The van der Waals surface area contributed by atoms with Gasteiger partial charge in [0.05, 0.1) is 5.69 Å². The largest absolute Gasteiger partial charge is 0.240 e. The highest BCUT2D eigenvalue weighted by atomic mass is 35.5. The van der Waals surface area contributed by atoms with Crippen LogP contribution in [-0.2, 0) is 16.6 Å². The van der Waals surface area contributed by atoms with Gasteiger partial charge in [0.25, 0.3) is 0 Å². The second-order valence-corrected chi connectivity index (χ2v) is 2.92. The van der Waals surface area contributed by atoms with E-state index in [9.17, 15) is 4.79 Å². The summed E-state index contributed by atoms with van der Waals surface area (Å²) >= 11 is 11.4. The number of aliphatic imine (C=N–C) groups is 1. The molecule has 1 aromatic carbocycles. The molecule has 0 spiro atoms. The third-order valence-electron chi connectivity index (χ3n) is 1.69. The first-order chi connectivity index (χ1) is 6.33. The van der Waals surface area contributed by atoms with Crippen LogP contribution in [-0.4, -0.2) is 6.08 Å². The zero-order chi connectivity index (χ0) is 9.68. The van der Waals surface area contributed by atoms with Crippen LogP contribution in [0.2, 0.25) is 0 Å². The Morgan fingerprint density at radius 2 is 2.08 bits per heavy atom. The maximum atomic E-state index is 10.1. The highest BCUT2D eigenvalue weighted by Crippen LogP contribution is 2.25. The van der Waals surface area contributed by atoms with Gasteiger partial charge in [0.1, 0.15) is 0 Å². The van der Waals surface area contributed by atoms with Gasteiger partial charge >= 0.3 is 0 Å². The molecule has 0 unspecified atom stereocenters. The van der Waals surface area contributed by atoms with E-state index in [0.29, 0.717) is 17.4 Å². The molecule has 0 aliphatic carbocycles. The van der Waals surface area contributed by atoms with E-state index in [-0.39, 0.29) is 0 Å². The minimum Gasteiger partial charge on any atom is -0.211 e. The maximum absolute atomic E-state index is 10.1. The molecule has 0 aromatic heterocycles. The molecule has 0 atom stereocenters. The van der Waals surface area contributed by atoms with Gasteiger partial charge in [0.15, 0.2) is 0 Å². The van der Waals surface area contributed by atoms with E-state index in [0.717, 1.165) is 11.1 Å². The molecule has 0 aliphatic rings. The molecule has 0 saturated heterocycles. The van der Waals surface area contributed by atoms with Gasteiger partial charge in [-0.05, 0) is 17.2 Å². The summed E-state index contributed by atoms with van der Waals surface area (Å²) < 4.78 is 0. The molecule has 0 fully saturated rings. The third-order valence-corrected chi connectivity index (χ3v) is 2.25. The molecule has 2 nitrogen and oxygen atoms in total. The van der Waals surface area contributed by atoms with Gasteiger partial charge < -0.3 is 0 Å². The Balaban J connectivity index is 3.26. The maximum Gasteiger partial charge on any atom is 0.240 e. The number of nitrogens with zero attached hydrogens (tertiary/aromatic N) is 1. The molecule has 13 heavy (non-hydrogen) atoms. The van der Waals surface area contributed by atoms with E-state index in [4.69, 9.17) is 23.2 Å². The van der Waals surface area contributed by atoms with Crippen LogP contribution in [0, 0.1) is 0 Å². The van der Waals surface area contributed by atoms with E-state index in [1.807, 2.05) is 6.07 Å². The number of carbonyl (C=O) groups excluding carboxylic acids is 1. The summed E-state index contributed by atoms with van der Waals surface area (Å²) in [6, 6.07) is 5.34. The average molecular weight is 216 g/mol. The number of rotatable bonds is 3. The SMILES string of the molecule is O=C=Nc1cccc(CCl)c1CCl. The van der Waals surface area contributed by atoms with Crippen LogP contribution in [0.25, 0.3) is 0 Å². The lowest BCUT2D eigenvalue weighted by Gasteiger charge is -2.05. The first kappa shape index (κ1) is 10.3. The lowest BCUT2D eigenvalue weighted by Crippen LogP contribution is -1.88. The van der Waals surface area contributed by atoms with Crippen molar-refractivity contribution in [1.29, 1.82) is 0 Å². The Morgan fingerprint density at radius 1 is 1.31 bits per heavy atom. The molecule has 1 rings (SSSR count). The number of alkyl halides is 2. The van der Waals surface area contributed by atoms with Crippen molar-refractivity contribution in [3.63, 3.8) is 0 Å². The summed E-state index contributed by atoms with van der Waals surface area (Å²) in [4.78, 5) is 13.6. The fourth-order valence-electron chi connectivity index (χ4n) is 1.05. The van der Waals surface area contributed by atoms with Gasteiger partial charge in [-0.25, -0.2) is 4.79 Å². The topological polar surface area (TPSA) is 29.4 Å². The fraction of sp³-hybridized carbons (Fsp3) is 0.222. The number of hydrogen-bond acceptors (Lipinski definition) is 2. The summed E-state index contributed by atoms with van der Waals surface area (Å²) in [5, 5.41) is 0. The van der Waals surface area contributed by atoms with Crippen molar-refractivity contribution in [3.8, 4) is 0 Å². The van der Waals surface area contributed by atoms with Crippen LogP contribution in [0.4, 0.5) is 5.69 Å². The molecule has 0 radical (unpaired) electrons. The zero-order valence-corrected chi connectivity index (χ0v) is 8.27. The van der Waals surface area contributed by atoms with Crippen LogP contribution in [0.3, 0.4) is 0 Å². The molecular weight excluding hydrogens is 209 g/mol. The van der Waals surface area contributed by atoms with Gasteiger partial charge in [-0.3, -0.25) is 0 Å². The molecular formula is C9H7Cl2NO. The molecule has 1 aromatic rings. The molecule has 0 N–H and O–H groups in total. The molecule has 0 amide bonds. The van der Waals surface area contributed by atoms with Crippen LogP contribution in [0.15, 0.2) is 23.2 Å². The van der Waals surface area contributed by atoms with E-state index in [1.54, 1.807) is 12.1 Å². The fourth-order valence-corrected chi connectivity index (χ4v) is 1.61. The predicted molar refractivity (Wildman–Crippen MR) is 53.3 cm³/mol. The summed E-state index contributed by atoms with van der Waals surface area (Å²) in [7, 11) is 0. The van der Waals surface area contributed by atoms with E-state index in [1.165, 1.54) is 6.08 Å². The first-order valence-electron chi connectivity index (χ1n) is 3.64. The average Bonchev–Trinajstić information content (AvgIpc) is 2.18. The number of hydrogen-bond donors (Lipinski definition) is 0. The molecule has 0 saturated carbocycles. The van der Waals surface area contributed by atoms with Crippen LogP contribution < -0.4 is 0 Å². The smallest absolute Gasteiger partial charge is 0.211 e. The minimum absolute atomic E-state index is 0.295. The second kappa shape index (κ2) is 5.03. The third kappa shape index (κ3) is 2.31. The Hall–Kier alpha value is -0.820. The van der Waals surface area contributed by atoms with Crippen molar-refractivity contribution in [2.45, 2.75) is 11.8 Å². The quantitative estimate of drug-likeness (QED) is 0.433. The van der Waals surface area contributed by atoms with E-state index >= 15 is 0 Å². The Labute approximate surface area is 86.2 Å². The molecule has 68 valence electrons. The van der Waals surface area contributed by atoms with Crippen molar-refractivity contribution in [2.24, 2.45) is 4.99 Å².